The molecule has 0 bridgehead atoms. The van der Waals surface area contributed by atoms with Gasteiger partial charge in [-0.15, -0.1) is 0 Å². The number of methoxy groups -OCH3 is 2. The Morgan fingerprint density at radius 2 is 1.76 bits per heavy atom. The fraction of sp³-hybridized carbons (Fsp3) is 0.278. The Morgan fingerprint density at radius 1 is 1.12 bits per heavy atom. The number of hydrogen-bond acceptors (Lipinski definition) is 6. The van der Waals surface area contributed by atoms with Crippen molar-refractivity contribution in [2.45, 2.75) is 20.5 Å². The van der Waals surface area contributed by atoms with Crippen LogP contribution >= 0.6 is 0 Å². The Labute approximate surface area is 145 Å². The summed E-state index contributed by atoms with van der Waals surface area (Å²) in [5.41, 5.74) is 1.97. The van der Waals surface area contributed by atoms with Crippen LogP contribution in [0.3, 0.4) is 0 Å². The molecule has 0 radical (unpaired) electrons. The molecular formula is C18H19NO6. The number of hydrogen-bond donors (Lipinski definition) is 0. The van der Waals surface area contributed by atoms with Gasteiger partial charge in [0.2, 0.25) is 0 Å². The molecule has 2 aromatic rings. The molecule has 0 aliphatic heterocycles. The molecule has 0 amide bonds. The van der Waals surface area contributed by atoms with Crippen LogP contribution in [0.2, 0.25) is 0 Å². The van der Waals surface area contributed by atoms with Crippen molar-refractivity contribution in [3.63, 3.8) is 0 Å². The van der Waals surface area contributed by atoms with Gasteiger partial charge in [0.25, 0.3) is 5.69 Å². The lowest BCUT2D eigenvalue weighted by Gasteiger charge is -2.13. The van der Waals surface area contributed by atoms with E-state index in [0.717, 1.165) is 11.1 Å². The summed E-state index contributed by atoms with van der Waals surface area (Å²) in [5.74, 6) is 0.505. The third-order valence-electron chi connectivity index (χ3n) is 3.92. The van der Waals surface area contributed by atoms with Crippen LogP contribution in [0, 0.1) is 24.0 Å². The molecule has 0 N–H and O–H groups in total. The van der Waals surface area contributed by atoms with Crippen molar-refractivity contribution < 1.29 is 23.9 Å². The maximum Gasteiger partial charge on any atom is 0.338 e. The first-order valence-corrected chi connectivity index (χ1v) is 7.51. The number of ether oxygens (including phenoxy) is 3. The SMILES string of the molecule is COc1cc(C)c(COC(=O)c2cccc([N+](=O)[O-])c2C)cc1OC. The lowest BCUT2D eigenvalue weighted by atomic mass is 10.1. The van der Waals surface area contributed by atoms with E-state index in [1.54, 1.807) is 19.2 Å². The van der Waals surface area contributed by atoms with Crippen molar-refractivity contribution in [2.75, 3.05) is 14.2 Å². The van der Waals surface area contributed by atoms with E-state index >= 15 is 0 Å². The van der Waals surface area contributed by atoms with E-state index < -0.39 is 10.9 Å². The maximum absolute atomic E-state index is 12.3. The van der Waals surface area contributed by atoms with Crippen molar-refractivity contribution in [3.05, 3.63) is 62.7 Å². The van der Waals surface area contributed by atoms with Crippen LogP contribution in [-0.2, 0) is 11.3 Å². The molecular weight excluding hydrogens is 326 g/mol. The molecule has 0 saturated heterocycles. The minimum Gasteiger partial charge on any atom is -0.493 e. The number of nitro groups is 1. The summed E-state index contributed by atoms with van der Waals surface area (Å²) < 4.78 is 15.8. The maximum atomic E-state index is 12.3. The summed E-state index contributed by atoms with van der Waals surface area (Å²) >= 11 is 0. The number of nitrogens with zero attached hydrogens (tertiary/aromatic N) is 1. The van der Waals surface area contributed by atoms with Crippen LogP contribution in [0.1, 0.15) is 27.0 Å². The van der Waals surface area contributed by atoms with E-state index in [9.17, 15) is 14.9 Å². The highest BCUT2D eigenvalue weighted by molar-refractivity contribution is 5.92. The largest absolute Gasteiger partial charge is 0.493 e. The fourth-order valence-electron chi connectivity index (χ4n) is 2.44. The molecule has 0 fully saturated rings. The van der Waals surface area contributed by atoms with Gasteiger partial charge in [-0.2, -0.15) is 0 Å². The number of carbonyl (C=O) groups excluding carboxylic acids is 1. The highest BCUT2D eigenvalue weighted by atomic mass is 16.6. The monoisotopic (exact) mass is 345 g/mol. The van der Waals surface area contributed by atoms with Crippen molar-refractivity contribution in [1.29, 1.82) is 0 Å². The third-order valence-corrected chi connectivity index (χ3v) is 3.92. The second kappa shape index (κ2) is 7.65. The number of nitro benzene ring substituents is 1. The van der Waals surface area contributed by atoms with Crippen LogP contribution in [0.25, 0.3) is 0 Å². The Hall–Kier alpha value is -3.09. The van der Waals surface area contributed by atoms with Gasteiger partial charge in [0.1, 0.15) is 6.61 Å². The predicted octanol–water partition coefficient (Wildman–Crippen LogP) is 3.59. The van der Waals surface area contributed by atoms with Crippen molar-refractivity contribution in [2.24, 2.45) is 0 Å². The molecule has 0 heterocycles. The molecule has 7 heteroatoms. The van der Waals surface area contributed by atoms with Gasteiger partial charge in [0, 0.05) is 11.6 Å². The second-order valence-corrected chi connectivity index (χ2v) is 5.42. The summed E-state index contributed by atoms with van der Waals surface area (Å²) in [6.07, 6.45) is 0. The van der Waals surface area contributed by atoms with E-state index in [1.165, 1.54) is 32.2 Å². The fourth-order valence-corrected chi connectivity index (χ4v) is 2.44. The molecule has 0 saturated carbocycles. The molecule has 2 aromatic carbocycles. The first-order valence-electron chi connectivity index (χ1n) is 7.51. The Kier molecular flexibility index (Phi) is 5.59. The normalized spacial score (nSPS) is 10.2. The Morgan fingerprint density at radius 3 is 2.36 bits per heavy atom. The molecule has 0 aromatic heterocycles. The summed E-state index contributed by atoms with van der Waals surface area (Å²) in [6, 6.07) is 7.85. The molecule has 2 rings (SSSR count). The average molecular weight is 345 g/mol. The minimum atomic E-state index is -0.615. The highest BCUT2D eigenvalue weighted by Crippen LogP contribution is 2.31. The van der Waals surface area contributed by atoms with E-state index in [4.69, 9.17) is 14.2 Å². The zero-order chi connectivity index (χ0) is 18.6. The van der Waals surface area contributed by atoms with Gasteiger partial charge >= 0.3 is 5.97 Å². The van der Waals surface area contributed by atoms with E-state index in [2.05, 4.69) is 0 Å². The van der Waals surface area contributed by atoms with Gasteiger partial charge in [-0.25, -0.2) is 4.79 Å². The van der Waals surface area contributed by atoms with Crippen molar-refractivity contribution >= 4 is 11.7 Å². The van der Waals surface area contributed by atoms with Gasteiger partial charge in [0.05, 0.1) is 24.7 Å². The topological polar surface area (TPSA) is 87.9 Å². The predicted molar refractivity (Wildman–Crippen MR) is 91.2 cm³/mol. The summed E-state index contributed by atoms with van der Waals surface area (Å²) in [7, 11) is 3.07. The lowest BCUT2D eigenvalue weighted by Crippen LogP contribution is -2.09. The first kappa shape index (κ1) is 18.3. The van der Waals surface area contributed by atoms with Crippen LogP contribution in [-0.4, -0.2) is 25.1 Å². The summed E-state index contributed by atoms with van der Waals surface area (Å²) in [4.78, 5) is 22.8. The number of aryl methyl sites for hydroxylation is 1. The molecule has 0 unspecified atom stereocenters. The van der Waals surface area contributed by atoms with E-state index in [1.807, 2.05) is 6.92 Å². The van der Waals surface area contributed by atoms with E-state index in [0.29, 0.717) is 11.5 Å². The molecule has 132 valence electrons. The third kappa shape index (κ3) is 3.88. The van der Waals surface area contributed by atoms with Crippen LogP contribution < -0.4 is 9.47 Å². The Balaban J connectivity index is 2.21. The smallest absolute Gasteiger partial charge is 0.338 e. The standard InChI is InChI=1S/C18H19NO6/c1-11-8-16(23-3)17(24-4)9-13(11)10-25-18(20)14-6-5-7-15(12(14)2)19(21)22/h5-9H,10H2,1-4H3. The minimum absolute atomic E-state index is 0.0210. The number of benzene rings is 2. The molecule has 7 nitrogen and oxygen atoms in total. The summed E-state index contributed by atoms with van der Waals surface area (Å²) in [6.45, 7) is 3.41. The molecule has 0 aliphatic rings. The van der Waals surface area contributed by atoms with Crippen molar-refractivity contribution in [3.8, 4) is 11.5 Å². The zero-order valence-corrected chi connectivity index (χ0v) is 14.5. The molecule has 0 spiro atoms. The average Bonchev–Trinajstić information content (AvgIpc) is 2.59. The quantitative estimate of drug-likeness (QED) is 0.452. The summed E-state index contributed by atoms with van der Waals surface area (Å²) in [5, 5.41) is 11.0. The first-order chi connectivity index (χ1) is 11.9. The van der Waals surface area contributed by atoms with Gasteiger partial charge in [-0.05, 0) is 43.2 Å². The van der Waals surface area contributed by atoms with Crippen LogP contribution in [0.15, 0.2) is 30.3 Å². The van der Waals surface area contributed by atoms with Gasteiger partial charge in [-0.1, -0.05) is 6.07 Å². The molecule has 0 atom stereocenters. The molecule has 0 aliphatic carbocycles. The Bertz CT molecular complexity index is 815. The van der Waals surface area contributed by atoms with Gasteiger partial charge in [0.15, 0.2) is 11.5 Å². The van der Waals surface area contributed by atoms with Crippen molar-refractivity contribution in [1.82, 2.24) is 0 Å². The van der Waals surface area contributed by atoms with Crippen LogP contribution in [0.4, 0.5) is 5.69 Å². The molecule has 25 heavy (non-hydrogen) atoms. The van der Waals surface area contributed by atoms with E-state index in [-0.39, 0.29) is 23.4 Å². The number of rotatable bonds is 6. The zero-order valence-electron chi connectivity index (χ0n) is 14.5. The van der Waals surface area contributed by atoms with Gasteiger partial charge < -0.3 is 14.2 Å². The van der Waals surface area contributed by atoms with Crippen LogP contribution in [0.5, 0.6) is 11.5 Å². The second-order valence-electron chi connectivity index (χ2n) is 5.42. The number of carbonyl (C=O) groups is 1. The highest BCUT2D eigenvalue weighted by Gasteiger charge is 2.19. The number of esters is 1. The van der Waals surface area contributed by atoms with Gasteiger partial charge in [-0.3, -0.25) is 10.1 Å². The lowest BCUT2D eigenvalue weighted by molar-refractivity contribution is -0.385.